The zero-order valence-corrected chi connectivity index (χ0v) is 12.1. The van der Waals surface area contributed by atoms with Crippen LogP contribution in [-0.2, 0) is 9.53 Å². The smallest absolute Gasteiger partial charge is 0.223 e. The van der Waals surface area contributed by atoms with Gasteiger partial charge in [0, 0.05) is 11.1 Å². The number of ether oxygens (including phenoxy) is 1. The molecule has 0 aromatic heterocycles. The Labute approximate surface area is 116 Å². The molecule has 0 aliphatic carbocycles. The number of nitrogens with one attached hydrogen (secondary N) is 1. The van der Waals surface area contributed by atoms with Crippen LogP contribution in [0.25, 0.3) is 0 Å². The predicted octanol–water partition coefficient (Wildman–Crippen LogP) is 3.20. The van der Waals surface area contributed by atoms with E-state index < -0.39 is 0 Å². The van der Waals surface area contributed by atoms with Crippen LogP contribution in [-0.4, -0.2) is 18.6 Å². The summed E-state index contributed by atoms with van der Waals surface area (Å²) in [7, 11) is 0. The zero-order chi connectivity index (χ0) is 13.0. The Morgan fingerprint density at radius 2 is 2.44 bits per heavy atom. The number of amides is 1. The number of halogens is 1. The van der Waals surface area contributed by atoms with Crippen LogP contribution in [0.15, 0.2) is 28.7 Å². The third-order valence-corrected chi connectivity index (χ3v) is 3.66. The molecule has 4 heteroatoms. The summed E-state index contributed by atoms with van der Waals surface area (Å²) in [6.07, 6.45) is 2.65. The van der Waals surface area contributed by atoms with Gasteiger partial charge in [0.15, 0.2) is 0 Å². The molecule has 1 aromatic carbocycles. The van der Waals surface area contributed by atoms with Crippen LogP contribution in [0.3, 0.4) is 0 Å². The van der Waals surface area contributed by atoms with E-state index in [1.54, 1.807) is 0 Å². The first-order chi connectivity index (χ1) is 8.65. The van der Waals surface area contributed by atoms with Gasteiger partial charge in [0.25, 0.3) is 0 Å². The normalized spacial score (nSPS) is 20.7. The molecule has 2 unspecified atom stereocenters. The number of hydrogen-bond acceptors (Lipinski definition) is 2. The number of carbonyl (C=O) groups is 1. The highest BCUT2D eigenvalue weighted by Gasteiger charge is 2.20. The Bertz CT molecular complexity index is 416. The van der Waals surface area contributed by atoms with Crippen LogP contribution in [0.4, 0.5) is 0 Å². The van der Waals surface area contributed by atoms with E-state index in [0.29, 0.717) is 6.42 Å². The predicted molar refractivity (Wildman–Crippen MR) is 74.3 cm³/mol. The topological polar surface area (TPSA) is 38.3 Å². The van der Waals surface area contributed by atoms with Crippen LogP contribution in [0.1, 0.15) is 37.8 Å². The standard InChI is InChI=1S/C14H18BrNO2/c1-10(11-4-2-5-12(15)8-11)16-14(17)9-13-6-3-7-18-13/h2,4-5,8,10,13H,3,6-7,9H2,1H3,(H,16,17). The highest BCUT2D eigenvalue weighted by molar-refractivity contribution is 9.10. The Hall–Kier alpha value is -0.870. The fourth-order valence-corrected chi connectivity index (χ4v) is 2.59. The second-order valence-electron chi connectivity index (χ2n) is 4.68. The maximum absolute atomic E-state index is 11.9. The molecule has 1 saturated heterocycles. The summed E-state index contributed by atoms with van der Waals surface area (Å²) in [4.78, 5) is 11.9. The maximum atomic E-state index is 11.9. The van der Waals surface area contributed by atoms with E-state index in [-0.39, 0.29) is 18.1 Å². The lowest BCUT2D eigenvalue weighted by Crippen LogP contribution is -2.29. The monoisotopic (exact) mass is 311 g/mol. The van der Waals surface area contributed by atoms with Crippen LogP contribution >= 0.6 is 15.9 Å². The fraction of sp³-hybridized carbons (Fsp3) is 0.500. The summed E-state index contributed by atoms with van der Waals surface area (Å²) >= 11 is 3.43. The van der Waals surface area contributed by atoms with Gasteiger partial charge in [-0.1, -0.05) is 28.1 Å². The minimum Gasteiger partial charge on any atom is -0.378 e. The van der Waals surface area contributed by atoms with Crippen molar-refractivity contribution in [2.75, 3.05) is 6.61 Å². The number of carbonyl (C=O) groups excluding carboxylic acids is 1. The van der Waals surface area contributed by atoms with Crippen molar-refractivity contribution in [2.24, 2.45) is 0 Å². The lowest BCUT2D eigenvalue weighted by molar-refractivity contribution is -0.123. The largest absolute Gasteiger partial charge is 0.378 e. The van der Waals surface area contributed by atoms with Gasteiger partial charge in [-0.15, -0.1) is 0 Å². The Balaban J connectivity index is 1.86. The first-order valence-electron chi connectivity index (χ1n) is 6.31. The molecular weight excluding hydrogens is 294 g/mol. The van der Waals surface area contributed by atoms with Gasteiger partial charge >= 0.3 is 0 Å². The Morgan fingerprint density at radius 1 is 1.61 bits per heavy atom. The molecule has 3 nitrogen and oxygen atoms in total. The third-order valence-electron chi connectivity index (χ3n) is 3.16. The Kier molecular flexibility index (Phi) is 4.78. The Morgan fingerprint density at radius 3 is 3.11 bits per heavy atom. The molecule has 1 aliphatic heterocycles. The highest BCUT2D eigenvalue weighted by Crippen LogP contribution is 2.19. The molecule has 1 aromatic rings. The van der Waals surface area contributed by atoms with Crippen molar-refractivity contribution in [3.05, 3.63) is 34.3 Å². The van der Waals surface area contributed by atoms with Crippen molar-refractivity contribution >= 4 is 21.8 Å². The molecule has 2 rings (SSSR count). The highest BCUT2D eigenvalue weighted by atomic mass is 79.9. The molecule has 1 aliphatic rings. The van der Waals surface area contributed by atoms with Crippen molar-refractivity contribution in [3.8, 4) is 0 Å². The molecule has 0 spiro atoms. The third kappa shape index (κ3) is 3.82. The maximum Gasteiger partial charge on any atom is 0.223 e. The summed E-state index contributed by atoms with van der Waals surface area (Å²) in [5.74, 6) is 0.0642. The molecular formula is C14H18BrNO2. The number of benzene rings is 1. The number of hydrogen-bond donors (Lipinski definition) is 1. The number of rotatable bonds is 4. The van der Waals surface area contributed by atoms with Gasteiger partial charge in [0.2, 0.25) is 5.91 Å². The van der Waals surface area contributed by atoms with Gasteiger partial charge in [0.1, 0.15) is 0 Å². The van der Waals surface area contributed by atoms with Crippen molar-refractivity contribution < 1.29 is 9.53 Å². The van der Waals surface area contributed by atoms with Gasteiger partial charge in [-0.25, -0.2) is 0 Å². The summed E-state index contributed by atoms with van der Waals surface area (Å²) in [6.45, 7) is 2.79. The van der Waals surface area contributed by atoms with Gasteiger partial charge in [-0.2, -0.15) is 0 Å². The van der Waals surface area contributed by atoms with E-state index >= 15 is 0 Å². The zero-order valence-electron chi connectivity index (χ0n) is 10.5. The van der Waals surface area contributed by atoms with Gasteiger partial charge < -0.3 is 10.1 Å². The summed E-state index contributed by atoms with van der Waals surface area (Å²) < 4.78 is 6.49. The second kappa shape index (κ2) is 6.34. The SMILES string of the molecule is CC(NC(=O)CC1CCCO1)c1cccc(Br)c1. The van der Waals surface area contributed by atoms with Gasteiger partial charge in [-0.3, -0.25) is 4.79 Å². The lowest BCUT2D eigenvalue weighted by Gasteiger charge is -2.16. The summed E-state index contributed by atoms with van der Waals surface area (Å²) in [5, 5.41) is 3.01. The van der Waals surface area contributed by atoms with E-state index in [4.69, 9.17) is 4.74 Å². The molecule has 1 heterocycles. The van der Waals surface area contributed by atoms with E-state index in [0.717, 1.165) is 29.5 Å². The molecule has 18 heavy (non-hydrogen) atoms. The van der Waals surface area contributed by atoms with Crippen molar-refractivity contribution in [3.63, 3.8) is 0 Å². The van der Waals surface area contributed by atoms with Crippen LogP contribution in [0, 0.1) is 0 Å². The lowest BCUT2D eigenvalue weighted by atomic mass is 10.1. The van der Waals surface area contributed by atoms with Crippen molar-refractivity contribution in [1.29, 1.82) is 0 Å². The first-order valence-corrected chi connectivity index (χ1v) is 7.11. The van der Waals surface area contributed by atoms with Crippen LogP contribution in [0.5, 0.6) is 0 Å². The molecule has 0 saturated carbocycles. The summed E-state index contributed by atoms with van der Waals surface area (Å²) in [5.41, 5.74) is 1.10. The van der Waals surface area contributed by atoms with Crippen molar-refractivity contribution in [2.45, 2.75) is 38.3 Å². The molecule has 0 bridgehead atoms. The van der Waals surface area contributed by atoms with E-state index in [2.05, 4.69) is 21.2 Å². The molecule has 1 amide bonds. The van der Waals surface area contributed by atoms with Gasteiger partial charge in [0.05, 0.1) is 18.6 Å². The first kappa shape index (κ1) is 13.6. The van der Waals surface area contributed by atoms with E-state index in [1.807, 2.05) is 31.2 Å². The molecule has 98 valence electrons. The minimum atomic E-state index is 0.0244. The minimum absolute atomic E-state index is 0.0244. The average Bonchev–Trinajstić information content (AvgIpc) is 2.81. The summed E-state index contributed by atoms with van der Waals surface area (Å²) in [6, 6.07) is 8.02. The molecule has 1 N–H and O–H groups in total. The molecule has 1 fully saturated rings. The molecule has 2 atom stereocenters. The fourth-order valence-electron chi connectivity index (χ4n) is 2.17. The average molecular weight is 312 g/mol. The van der Waals surface area contributed by atoms with Crippen LogP contribution in [0.2, 0.25) is 0 Å². The van der Waals surface area contributed by atoms with Gasteiger partial charge in [-0.05, 0) is 37.5 Å². The van der Waals surface area contributed by atoms with Crippen LogP contribution < -0.4 is 5.32 Å². The van der Waals surface area contributed by atoms with E-state index in [1.165, 1.54) is 0 Å². The van der Waals surface area contributed by atoms with E-state index in [9.17, 15) is 4.79 Å². The molecule has 0 radical (unpaired) electrons. The second-order valence-corrected chi connectivity index (χ2v) is 5.60. The van der Waals surface area contributed by atoms with Crippen molar-refractivity contribution in [1.82, 2.24) is 5.32 Å². The quantitative estimate of drug-likeness (QED) is 0.927.